The van der Waals surface area contributed by atoms with E-state index < -0.39 is 0 Å². The normalized spacial score (nSPS) is 22.1. The third-order valence-electron chi connectivity index (χ3n) is 3.95. The quantitative estimate of drug-likeness (QED) is 0.717. The van der Waals surface area contributed by atoms with Crippen LogP contribution >= 0.6 is 0 Å². The number of anilines is 1. The third kappa shape index (κ3) is 1.31. The Balaban J connectivity index is 1.78. The zero-order chi connectivity index (χ0) is 11.2. The SMILES string of the molecule is Cn1cc(C#N)c(N2CC3(CCCC3)C2)n1. The van der Waals surface area contributed by atoms with Gasteiger partial charge in [0.15, 0.2) is 5.82 Å². The minimum Gasteiger partial charge on any atom is -0.353 e. The van der Waals surface area contributed by atoms with E-state index in [1.54, 1.807) is 10.9 Å². The lowest BCUT2D eigenvalue weighted by Crippen LogP contribution is -2.55. The lowest BCUT2D eigenvalue weighted by Gasteiger charge is -2.48. The van der Waals surface area contributed by atoms with Crippen LogP contribution in [0.5, 0.6) is 0 Å². The fraction of sp³-hybridized carbons (Fsp3) is 0.667. The van der Waals surface area contributed by atoms with Crippen LogP contribution in [0.25, 0.3) is 0 Å². The van der Waals surface area contributed by atoms with E-state index in [2.05, 4.69) is 16.1 Å². The molecule has 4 heteroatoms. The van der Waals surface area contributed by atoms with Gasteiger partial charge < -0.3 is 4.90 Å². The van der Waals surface area contributed by atoms with E-state index in [9.17, 15) is 0 Å². The monoisotopic (exact) mass is 216 g/mol. The van der Waals surface area contributed by atoms with Gasteiger partial charge in [-0.05, 0) is 12.8 Å². The van der Waals surface area contributed by atoms with Crippen molar-refractivity contribution in [3.63, 3.8) is 0 Å². The van der Waals surface area contributed by atoms with Gasteiger partial charge in [-0.1, -0.05) is 12.8 Å². The third-order valence-corrected chi connectivity index (χ3v) is 3.95. The first-order chi connectivity index (χ1) is 7.72. The molecule has 1 spiro atoms. The molecule has 4 nitrogen and oxygen atoms in total. The Bertz CT molecular complexity index is 440. The number of rotatable bonds is 1. The summed E-state index contributed by atoms with van der Waals surface area (Å²) < 4.78 is 1.73. The van der Waals surface area contributed by atoms with Crippen molar-refractivity contribution in [1.82, 2.24) is 9.78 Å². The lowest BCUT2D eigenvalue weighted by atomic mass is 9.78. The molecule has 0 N–H and O–H groups in total. The molecular formula is C12H16N4. The van der Waals surface area contributed by atoms with E-state index >= 15 is 0 Å². The maximum Gasteiger partial charge on any atom is 0.168 e. The van der Waals surface area contributed by atoms with Crippen molar-refractivity contribution in [1.29, 1.82) is 5.26 Å². The molecule has 1 saturated heterocycles. The molecule has 1 saturated carbocycles. The van der Waals surface area contributed by atoms with Gasteiger partial charge in [-0.15, -0.1) is 0 Å². The molecule has 1 aliphatic carbocycles. The van der Waals surface area contributed by atoms with Gasteiger partial charge >= 0.3 is 0 Å². The second kappa shape index (κ2) is 3.24. The summed E-state index contributed by atoms with van der Waals surface area (Å²) in [4.78, 5) is 2.25. The van der Waals surface area contributed by atoms with Gasteiger partial charge in [0.1, 0.15) is 11.6 Å². The van der Waals surface area contributed by atoms with Crippen LogP contribution in [0.1, 0.15) is 31.2 Å². The number of hydrogen-bond acceptors (Lipinski definition) is 3. The van der Waals surface area contributed by atoms with E-state index in [0.717, 1.165) is 18.9 Å². The van der Waals surface area contributed by atoms with Crippen LogP contribution in [-0.4, -0.2) is 22.9 Å². The molecule has 2 heterocycles. The molecule has 2 fully saturated rings. The summed E-state index contributed by atoms with van der Waals surface area (Å²) >= 11 is 0. The van der Waals surface area contributed by atoms with Crippen molar-refractivity contribution in [3.8, 4) is 6.07 Å². The number of nitrogens with zero attached hydrogens (tertiary/aromatic N) is 4. The standard InChI is InChI=1S/C12H16N4/c1-15-7-10(6-13)11(14-15)16-8-12(9-16)4-2-3-5-12/h7H,2-5,8-9H2,1H3. The molecule has 2 aliphatic rings. The minimum absolute atomic E-state index is 0.560. The molecule has 0 amide bonds. The summed E-state index contributed by atoms with van der Waals surface area (Å²) in [6.45, 7) is 2.19. The molecular weight excluding hydrogens is 200 g/mol. The fourth-order valence-electron chi connectivity index (χ4n) is 3.14. The maximum atomic E-state index is 9.03. The predicted octanol–water partition coefficient (Wildman–Crippen LogP) is 1.67. The highest BCUT2D eigenvalue weighted by molar-refractivity contribution is 5.55. The van der Waals surface area contributed by atoms with Gasteiger partial charge in [0.25, 0.3) is 0 Å². The van der Waals surface area contributed by atoms with Crippen molar-refractivity contribution < 1.29 is 0 Å². The summed E-state index contributed by atoms with van der Waals surface area (Å²) in [5.41, 5.74) is 1.26. The lowest BCUT2D eigenvalue weighted by molar-refractivity contribution is 0.220. The van der Waals surface area contributed by atoms with Crippen LogP contribution in [0.15, 0.2) is 6.20 Å². The van der Waals surface area contributed by atoms with Crippen LogP contribution in [-0.2, 0) is 7.05 Å². The molecule has 3 rings (SSSR count). The van der Waals surface area contributed by atoms with Crippen molar-refractivity contribution in [2.45, 2.75) is 25.7 Å². The van der Waals surface area contributed by atoms with Crippen LogP contribution in [0.4, 0.5) is 5.82 Å². The second-order valence-corrected chi connectivity index (χ2v) is 5.22. The molecule has 1 aliphatic heterocycles. The van der Waals surface area contributed by atoms with E-state index in [0.29, 0.717) is 11.0 Å². The number of nitriles is 1. The van der Waals surface area contributed by atoms with Gasteiger partial charge in [0.05, 0.1) is 0 Å². The molecule has 0 atom stereocenters. The Kier molecular flexibility index (Phi) is 1.97. The van der Waals surface area contributed by atoms with Crippen molar-refractivity contribution in [2.24, 2.45) is 12.5 Å². The van der Waals surface area contributed by atoms with Gasteiger partial charge in [0, 0.05) is 31.7 Å². The Morgan fingerprint density at radius 3 is 2.69 bits per heavy atom. The number of hydrogen-bond donors (Lipinski definition) is 0. The molecule has 0 aromatic carbocycles. The summed E-state index contributed by atoms with van der Waals surface area (Å²) in [6, 6.07) is 2.22. The molecule has 0 radical (unpaired) electrons. The molecule has 1 aromatic heterocycles. The maximum absolute atomic E-state index is 9.03. The van der Waals surface area contributed by atoms with Gasteiger partial charge in [-0.2, -0.15) is 10.4 Å². The molecule has 16 heavy (non-hydrogen) atoms. The second-order valence-electron chi connectivity index (χ2n) is 5.22. The fourth-order valence-corrected chi connectivity index (χ4v) is 3.14. The van der Waals surface area contributed by atoms with Crippen molar-refractivity contribution in [2.75, 3.05) is 18.0 Å². The van der Waals surface area contributed by atoms with Gasteiger partial charge in [-0.3, -0.25) is 4.68 Å². The van der Waals surface area contributed by atoms with Crippen LogP contribution < -0.4 is 4.90 Å². The highest BCUT2D eigenvalue weighted by Gasteiger charge is 2.45. The Labute approximate surface area is 95.5 Å². The van der Waals surface area contributed by atoms with E-state index in [1.807, 2.05) is 7.05 Å². The zero-order valence-corrected chi connectivity index (χ0v) is 9.61. The van der Waals surface area contributed by atoms with Crippen LogP contribution in [0, 0.1) is 16.7 Å². The first-order valence-corrected chi connectivity index (χ1v) is 5.91. The summed E-state index contributed by atoms with van der Waals surface area (Å²) in [7, 11) is 1.87. The summed E-state index contributed by atoms with van der Waals surface area (Å²) in [5.74, 6) is 0.877. The average Bonchev–Trinajstić information content (AvgIpc) is 2.80. The molecule has 0 bridgehead atoms. The minimum atomic E-state index is 0.560. The Morgan fingerprint density at radius 2 is 2.06 bits per heavy atom. The topological polar surface area (TPSA) is 44.9 Å². The predicted molar refractivity (Wildman–Crippen MR) is 61.0 cm³/mol. The largest absolute Gasteiger partial charge is 0.353 e. The Morgan fingerprint density at radius 1 is 1.38 bits per heavy atom. The van der Waals surface area contributed by atoms with E-state index in [1.165, 1.54) is 25.7 Å². The highest BCUT2D eigenvalue weighted by atomic mass is 15.4. The number of aromatic nitrogens is 2. The van der Waals surface area contributed by atoms with E-state index in [4.69, 9.17) is 5.26 Å². The summed E-state index contributed by atoms with van der Waals surface area (Å²) in [6.07, 6.45) is 7.27. The van der Waals surface area contributed by atoms with Crippen LogP contribution in [0.3, 0.4) is 0 Å². The number of aryl methyl sites for hydroxylation is 1. The zero-order valence-electron chi connectivity index (χ0n) is 9.61. The average molecular weight is 216 g/mol. The smallest absolute Gasteiger partial charge is 0.168 e. The first-order valence-electron chi connectivity index (χ1n) is 5.91. The Hall–Kier alpha value is -1.50. The molecule has 0 unspecified atom stereocenters. The highest BCUT2D eigenvalue weighted by Crippen LogP contribution is 2.46. The van der Waals surface area contributed by atoms with E-state index in [-0.39, 0.29) is 0 Å². The first kappa shape index (κ1) is 9.71. The van der Waals surface area contributed by atoms with Crippen LogP contribution in [0.2, 0.25) is 0 Å². The van der Waals surface area contributed by atoms with Crippen molar-refractivity contribution in [3.05, 3.63) is 11.8 Å². The molecule has 1 aromatic rings. The van der Waals surface area contributed by atoms with Gasteiger partial charge in [-0.25, -0.2) is 0 Å². The summed E-state index contributed by atoms with van der Waals surface area (Å²) in [5, 5.41) is 13.4. The molecule has 84 valence electrons. The van der Waals surface area contributed by atoms with Gasteiger partial charge in [0.2, 0.25) is 0 Å². The van der Waals surface area contributed by atoms with Crippen molar-refractivity contribution >= 4 is 5.82 Å².